The molecule has 0 unspecified atom stereocenters. The first-order valence-corrected chi connectivity index (χ1v) is 9.27. The number of hydrogen-bond donors (Lipinski definition) is 2. The van der Waals surface area contributed by atoms with E-state index in [4.69, 9.17) is 17.3 Å². The molecule has 3 N–H and O–H groups in total. The SMILES string of the molecule is Cc1sc(N[C@H](CN)Cc2cc(F)ccc2F)cc1-c1c(Cl)cnn1C. The Kier molecular flexibility index (Phi) is 5.60. The molecular weight excluding hydrogens is 378 g/mol. The Morgan fingerprint density at radius 1 is 1.35 bits per heavy atom. The minimum atomic E-state index is -0.461. The van der Waals surface area contributed by atoms with Crippen molar-refractivity contribution in [3.63, 3.8) is 0 Å². The molecule has 0 aliphatic carbocycles. The Labute approximate surface area is 159 Å². The molecule has 0 saturated heterocycles. The molecule has 0 radical (unpaired) electrons. The van der Waals surface area contributed by atoms with Crippen molar-refractivity contribution in [2.24, 2.45) is 12.8 Å². The maximum Gasteiger partial charge on any atom is 0.126 e. The van der Waals surface area contributed by atoms with E-state index in [1.165, 1.54) is 6.07 Å². The van der Waals surface area contributed by atoms with E-state index in [2.05, 4.69) is 10.4 Å². The Morgan fingerprint density at radius 3 is 2.77 bits per heavy atom. The van der Waals surface area contributed by atoms with Crippen molar-refractivity contribution >= 4 is 27.9 Å². The molecule has 0 aliphatic heterocycles. The van der Waals surface area contributed by atoms with E-state index < -0.39 is 11.6 Å². The average molecular weight is 397 g/mol. The molecule has 0 fully saturated rings. The molecule has 2 heterocycles. The number of hydrogen-bond acceptors (Lipinski definition) is 4. The predicted molar refractivity (Wildman–Crippen MR) is 103 cm³/mol. The van der Waals surface area contributed by atoms with Crippen LogP contribution in [-0.4, -0.2) is 22.4 Å². The Hall–Kier alpha value is -1.96. The predicted octanol–water partition coefficient (Wildman–Crippen LogP) is 4.37. The van der Waals surface area contributed by atoms with Crippen molar-refractivity contribution in [1.29, 1.82) is 0 Å². The summed E-state index contributed by atoms with van der Waals surface area (Å²) in [6.07, 6.45) is 1.90. The summed E-state index contributed by atoms with van der Waals surface area (Å²) < 4.78 is 29.0. The highest BCUT2D eigenvalue weighted by Gasteiger charge is 2.17. The van der Waals surface area contributed by atoms with Crippen LogP contribution in [0.3, 0.4) is 0 Å². The third-order valence-electron chi connectivity index (χ3n) is 4.17. The maximum atomic E-state index is 13.9. The summed E-state index contributed by atoms with van der Waals surface area (Å²) in [5.41, 5.74) is 7.96. The van der Waals surface area contributed by atoms with Crippen LogP contribution >= 0.6 is 22.9 Å². The zero-order valence-corrected chi connectivity index (χ0v) is 16.0. The van der Waals surface area contributed by atoms with Gasteiger partial charge in [0.25, 0.3) is 0 Å². The first-order valence-electron chi connectivity index (χ1n) is 8.08. The number of thiophene rings is 1. The van der Waals surface area contributed by atoms with E-state index in [9.17, 15) is 8.78 Å². The Morgan fingerprint density at radius 2 is 2.12 bits per heavy atom. The van der Waals surface area contributed by atoms with Crippen LogP contribution in [0.1, 0.15) is 10.4 Å². The van der Waals surface area contributed by atoms with Gasteiger partial charge in [0, 0.05) is 30.1 Å². The van der Waals surface area contributed by atoms with E-state index in [0.717, 1.165) is 33.3 Å². The summed E-state index contributed by atoms with van der Waals surface area (Å²) in [5, 5.41) is 8.95. The number of halogens is 3. The number of nitrogens with two attached hydrogens (primary N) is 1. The highest BCUT2D eigenvalue weighted by Crippen LogP contribution is 2.37. The highest BCUT2D eigenvalue weighted by atomic mass is 35.5. The zero-order chi connectivity index (χ0) is 18.8. The fourth-order valence-corrected chi connectivity index (χ4v) is 4.13. The minimum absolute atomic E-state index is 0.223. The fourth-order valence-electron chi connectivity index (χ4n) is 2.86. The van der Waals surface area contributed by atoms with E-state index in [1.54, 1.807) is 22.2 Å². The molecule has 0 saturated carbocycles. The number of anilines is 1. The van der Waals surface area contributed by atoms with Gasteiger partial charge >= 0.3 is 0 Å². The molecule has 0 amide bonds. The molecule has 3 aromatic rings. The molecular formula is C18H19ClF2N4S. The summed E-state index contributed by atoms with van der Waals surface area (Å²) in [5.74, 6) is -0.895. The van der Waals surface area contributed by atoms with Crippen LogP contribution in [0.15, 0.2) is 30.5 Å². The number of nitrogens with one attached hydrogen (secondary N) is 1. The standard InChI is InChI=1S/C18H19ClF2N4S/c1-10-14(18-15(19)9-23-25(18)2)7-17(26-10)24-13(8-22)6-11-5-12(20)3-4-16(11)21/h3-5,7,9,13,24H,6,8,22H2,1-2H3/t13-/m0/s1. The Bertz CT molecular complexity index is 903. The van der Waals surface area contributed by atoms with Gasteiger partial charge in [-0.2, -0.15) is 5.10 Å². The number of nitrogens with zero attached hydrogens (tertiary/aromatic N) is 2. The van der Waals surface area contributed by atoms with Crippen molar-refractivity contribution in [2.75, 3.05) is 11.9 Å². The van der Waals surface area contributed by atoms with Crippen LogP contribution in [0.2, 0.25) is 5.02 Å². The van der Waals surface area contributed by atoms with Gasteiger partial charge in [0.1, 0.15) is 11.6 Å². The van der Waals surface area contributed by atoms with Crippen LogP contribution in [0.25, 0.3) is 11.3 Å². The normalized spacial score (nSPS) is 12.4. The summed E-state index contributed by atoms with van der Waals surface area (Å²) >= 11 is 7.79. The Balaban J connectivity index is 1.81. The van der Waals surface area contributed by atoms with Crippen molar-refractivity contribution in [3.05, 3.63) is 57.6 Å². The van der Waals surface area contributed by atoms with Gasteiger partial charge in [0.05, 0.1) is 21.9 Å². The number of aryl methyl sites for hydroxylation is 2. The number of benzene rings is 1. The van der Waals surface area contributed by atoms with Crippen molar-refractivity contribution in [1.82, 2.24) is 9.78 Å². The highest BCUT2D eigenvalue weighted by molar-refractivity contribution is 7.16. The van der Waals surface area contributed by atoms with E-state index in [0.29, 0.717) is 17.0 Å². The number of rotatable bonds is 6. The van der Waals surface area contributed by atoms with Crippen molar-refractivity contribution in [2.45, 2.75) is 19.4 Å². The minimum Gasteiger partial charge on any atom is -0.373 e. The summed E-state index contributed by atoms with van der Waals surface area (Å²) in [6.45, 7) is 2.28. The lowest BCUT2D eigenvalue weighted by Gasteiger charge is -2.17. The molecule has 138 valence electrons. The molecule has 2 aromatic heterocycles. The topological polar surface area (TPSA) is 55.9 Å². The molecule has 1 atom stereocenters. The summed E-state index contributed by atoms with van der Waals surface area (Å²) in [6, 6.07) is 5.21. The fraction of sp³-hybridized carbons (Fsp3) is 0.278. The second kappa shape index (κ2) is 7.73. The average Bonchev–Trinajstić information content (AvgIpc) is 3.11. The number of aromatic nitrogens is 2. The second-order valence-electron chi connectivity index (χ2n) is 6.06. The third-order valence-corrected chi connectivity index (χ3v) is 5.43. The van der Waals surface area contributed by atoms with E-state index in [-0.39, 0.29) is 12.6 Å². The van der Waals surface area contributed by atoms with Gasteiger partial charge in [-0.1, -0.05) is 11.6 Å². The smallest absolute Gasteiger partial charge is 0.126 e. The van der Waals surface area contributed by atoms with Gasteiger partial charge in [0.15, 0.2) is 0 Å². The summed E-state index contributed by atoms with van der Waals surface area (Å²) in [4.78, 5) is 1.07. The largest absolute Gasteiger partial charge is 0.373 e. The zero-order valence-electron chi connectivity index (χ0n) is 14.4. The van der Waals surface area contributed by atoms with Gasteiger partial charge in [-0.15, -0.1) is 11.3 Å². The van der Waals surface area contributed by atoms with E-state index in [1.807, 2.05) is 20.0 Å². The molecule has 3 rings (SSSR count). The van der Waals surface area contributed by atoms with Crippen molar-refractivity contribution in [3.8, 4) is 11.3 Å². The molecule has 8 heteroatoms. The summed E-state index contributed by atoms with van der Waals surface area (Å²) in [7, 11) is 1.83. The molecule has 1 aromatic carbocycles. The first-order chi connectivity index (χ1) is 12.4. The van der Waals surface area contributed by atoms with Crippen LogP contribution in [-0.2, 0) is 13.5 Å². The van der Waals surface area contributed by atoms with Gasteiger partial charge in [-0.25, -0.2) is 8.78 Å². The molecule has 26 heavy (non-hydrogen) atoms. The molecule has 0 spiro atoms. The lowest BCUT2D eigenvalue weighted by Crippen LogP contribution is -2.31. The first kappa shape index (κ1) is 18.8. The lowest BCUT2D eigenvalue weighted by atomic mass is 10.1. The monoisotopic (exact) mass is 396 g/mol. The van der Waals surface area contributed by atoms with Crippen LogP contribution in [0.5, 0.6) is 0 Å². The molecule has 4 nitrogen and oxygen atoms in total. The van der Waals surface area contributed by atoms with Gasteiger partial charge in [0.2, 0.25) is 0 Å². The lowest BCUT2D eigenvalue weighted by molar-refractivity contribution is 0.575. The van der Waals surface area contributed by atoms with E-state index >= 15 is 0 Å². The van der Waals surface area contributed by atoms with Crippen LogP contribution in [0, 0.1) is 18.6 Å². The van der Waals surface area contributed by atoms with Crippen LogP contribution < -0.4 is 11.1 Å². The van der Waals surface area contributed by atoms with Crippen LogP contribution in [0.4, 0.5) is 13.8 Å². The molecule has 0 aliphatic rings. The van der Waals surface area contributed by atoms with Gasteiger partial charge in [-0.05, 0) is 43.2 Å². The maximum absolute atomic E-state index is 13.9. The quantitative estimate of drug-likeness (QED) is 0.650. The third kappa shape index (κ3) is 3.90. The van der Waals surface area contributed by atoms with Gasteiger partial charge in [-0.3, -0.25) is 4.68 Å². The van der Waals surface area contributed by atoms with Gasteiger partial charge < -0.3 is 11.1 Å². The molecule has 0 bridgehead atoms. The second-order valence-corrected chi connectivity index (χ2v) is 7.73. The van der Waals surface area contributed by atoms with Crippen molar-refractivity contribution < 1.29 is 8.78 Å².